The van der Waals surface area contributed by atoms with E-state index in [9.17, 15) is 9.59 Å². The Labute approximate surface area is 127 Å². The summed E-state index contributed by atoms with van der Waals surface area (Å²) in [6, 6.07) is 0.196. The highest BCUT2D eigenvalue weighted by atomic mass is 16.4. The fourth-order valence-corrected chi connectivity index (χ4v) is 3.80. The maximum absolute atomic E-state index is 12.5. The number of nitrogens with one attached hydrogen (secondary N) is 1. The fourth-order valence-electron chi connectivity index (χ4n) is 3.80. The third-order valence-corrected chi connectivity index (χ3v) is 5.28. The summed E-state index contributed by atoms with van der Waals surface area (Å²) in [4.78, 5) is 25.4. The van der Waals surface area contributed by atoms with Gasteiger partial charge in [0.2, 0.25) is 0 Å². The Morgan fingerprint density at radius 1 is 1.19 bits per heavy atom. The van der Waals surface area contributed by atoms with Gasteiger partial charge in [0.05, 0.1) is 12.0 Å². The molecule has 0 saturated heterocycles. The summed E-state index contributed by atoms with van der Waals surface area (Å²) in [7, 11) is 1.85. The normalized spacial score (nSPS) is 28.1. The zero-order chi connectivity index (χ0) is 15.5. The van der Waals surface area contributed by atoms with E-state index in [-0.39, 0.29) is 12.5 Å². The third-order valence-electron chi connectivity index (χ3n) is 5.28. The van der Waals surface area contributed by atoms with Crippen LogP contribution in [0.5, 0.6) is 0 Å². The van der Waals surface area contributed by atoms with Crippen LogP contribution in [0.1, 0.15) is 64.7 Å². The monoisotopic (exact) mass is 296 g/mol. The van der Waals surface area contributed by atoms with Crippen LogP contribution >= 0.6 is 0 Å². The molecule has 0 atom stereocenters. The molecule has 2 saturated carbocycles. The van der Waals surface area contributed by atoms with Crippen molar-refractivity contribution in [3.05, 3.63) is 0 Å². The van der Waals surface area contributed by atoms with E-state index in [1.165, 1.54) is 12.8 Å². The minimum Gasteiger partial charge on any atom is -0.481 e. The molecular formula is C16H28N2O3. The first-order valence-electron chi connectivity index (χ1n) is 8.19. The van der Waals surface area contributed by atoms with E-state index >= 15 is 0 Å². The predicted molar refractivity (Wildman–Crippen MR) is 81.2 cm³/mol. The third kappa shape index (κ3) is 4.11. The summed E-state index contributed by atoms with van der Waals surface area (Å²) < 4.78 is 0. The number of amides is 2. The van der Waals surface area contributed by atoms with Crippen LogP contribution in [0.15, 0.2) is 0 Å². The molecule has 0 unspecified atom stereocenters. The molecule has 2 aliphatic carbocycles. The Morgan fingerprint density at radius 3 is 2.29 bits per heavy atom. The van der Waals surface area contributed by atoms with Crippen LogP contribution in [0.2, 0.25) is 0 Å². The van der Waals surface area contributed by atoms with Crippen molar-refractivity contribution >= 4 is 12.0 Å². The topological polar surface area (TPSA) is 69.6 Å². The minimum atomic E-state index is -0.827. The summed E-state index contributed by atoms with van der Waals surface area (Å²) in [6.45, 7) is 2.26. The molecular weight excluding hydrogens is 268 g/mol. The van der Waals surface area contributed by atoms with E-state index in [0.717, 1.165) is 44.4 Å². The Hall–Kier alpha value is -1.26. The van der Waals surface area contributed by atoms with Gasteiger partial charge >= 0.3 is 12.0 Å². The second-order valence-electron chi connectivity index (χ2n) is 7.01. The van der Waals surface area contributed by atoms with Gasteiger partial charge in [-0.15, -0.1) is 0 Å². The number of aliphatic carboxylic acids is 1. The lowest BCUT2D eigenvalue weighted by atomic mass is 9.87. The van der Waals surface area contributed by atoms with Gasteiger partial charge in [0, 0.05) is 13.1 Å². The van der Waals surface area contributed by atoms with E-state index in [2.05, 4.69) is 12.2 Å². The van der Waals surface area contributed by atoms with Gasteiger partial charge in [-0.05, 0) is 44.4 Å². The van der Waals surface area contributed by atoms with Crippen LogP contribution in [-0.2, 0) is 4.79 Å². The predicted octanol–water partition coefficient (Wildman–Crippen LogP) is 2.99. The molecule has 0 bridgehead atoms. The molecule has 0 spiro atoms. The van der Waals surface area contributed by atoms with Crippen molar-refractivity contribution < 1.29 is 14.7 Å². The minimum absolute atomic E-state index is 0.0360. The van der Waals surface area contributed by atoms with E-state index < -0.39 is 11.5 Å². The maximum atomic E-state index is 12.5. The first-order valence-corrected chi connectivity index (χ1v) is 8.19. The number of urea groups is 1. The van der Waals surface area contributed by atoms with Crippen molar-refractivity contribution in [3.8, 4) is 0 Å². The average molecular weight is 296 g/mol. The van der Waals surface area contributed by atoms with Gasteiger partial charge in [-0.2, -0.15) is 0 Å². The van der Waals surface area contributed by atoms with E-state index in [4.69, 9.17) is 5.11 Å². The Morgan fingerprint density at radius 2 is 1.76 bits per heavy atom. The lowest BCUT2D eigenvalue weighted by molar-refractivity contribution is -0.138. The number of carboxylic acid groups (broad SMARTS) is 1. The van der Waals surface area contributed by atoms with Crippen molar-refractivity contribution in [2.24, 2.45) is 5.92 Å². The van der Waals surface area contributed by atoms with Gasteiger partial charge in [-0.3, -0.25) is 4.79 Å². The average Bonchev–Trinajstić information content (AvgIpc) is 2.86. The van der Waals surface area contributed by atoms with Crippen molar-refractivity contribution in [3.63, 3.8) is 0 Å². The van der Waals surface area contributed by atoms with Crippen LogP contribution in [0, 0.1) is 5.92 Å². The fraction of sp³-hybridized carbons (Fsp3) is 0.875. The van der Waals surface area contributed by atoms with Crippen molar-refractivity contribution in [1.82, 2.24) is 10.2 Å². The number of hydrogen-bond donors (Lipinski definition) is 2. The molecule has 0 aromatic carbocycles. The molecule has 2 rings (SSSR count). The largest absolute Gasteiger partial charge is 0.481 e. The molecule has 21 heavy (non-hydrogen) atoms. The van der Waals surface area contributed by atoms with Gasteiger partial charge in [-0.25, -0.2) is 4.79 Å². The van der Waals surface area contributed by atoms with E-state index in [0.29, 0.717) is 6.04 Å². The second-order valence-corrected chi connectivity index (χ2v) is 7.01. The van der Waals surface area contributed by atoms with Gasteiger partial charge in [0.15, 0.2) is 0 Å². The molecule has 0 radical (unpaired) electrons. The SMILES string of the molecule is CC1CCC(N(C)C(=O)NC2(CC(=O)O)CCCC2)CC1. The first kappa shape index (κ1) is 16.1. The molecule has 2 amide bonds. The molecule has 2 aliphatic rings. The molecule has 2 fully saturated rings. The molecule has 0 heterocycles. The molecule has 0 aliphatic heterocycles. The van der Waals surface area contributed by atoms with Crippen molar-refractivity contribution in [2.75, 3.05) is 7.05 Å². The molecule has 5 heteroatoms. The highest BCUT2D eigenvalue weighted by Crippen LogP contribution is 2.33. The lowest BCUT2D eigenvalue weighted by Gasteiger charge is -2.37. The van der Waals surface area contributed by atoms with Gasteiger partial charge in [-0.1, -0.05) is 19.8 Å². The van der Waals surface area contributed by atoms with Gasteiger partial charge < -0.3 is 15.3 Å². The second kappa shape index (κ2) is 6.67. The van der Waals surface area contributed by atoms with Crippen LogP contribution < -0.4 is 5.32 Å². The number of carbonyl (C=O) groups is 2. The number of carbonyl (C=O) groups excluding carboxylic acids is 1. The summed E-state index contributed by atoms with van der Waals surface area (Å²) in [5, 5.41) is 12.1. The Balaban J connectivity index is 1.93. The molecule has 0 aromatic heterocycles. The van der Waals surface area contributed by atoms with Gasteiger partial charge in [0.25, 0.3) is 0 Å². The molecule has 2 N–H and O–H groups in total. The van der Waals surface area contributed by atoms with Crippen LogP contribution in [0.25, 0.3) is 0 Å². The molecule has 5 nitrogen and oxygen atoms in total. The molecule has 0 aromatic rings. The van der Waals surface area contributed by atoms with Crippen molar-refractivity contribution in [2.45, 2.75) is 76.3 Å². The zero-order valence-electron chi connectivity index (χ0n) is 13.2. The lowest BCUT2D eigenvalue weighted by Crippen LogP contribution is -2.54. The smallest absolute Gasteiger partial charge is 0.317 e. The van der Waals surface area contributed by atoms with E-state index in [1.54, 1.807) is 4.90 Å². The summed E-state index contributed by atoms with van der Waals surface area (Å²) in [5.41, 5.74) is -0.529. The highest BCUT2D eigenvalue weighted by molar-refractivity contribution is 5.77. The maximum Gasteiger partial charge on any atom is 0.317 e. The molecule has 120 valence electrons. The number of carboxylic acids is 1. The van der Waals surface area contributed by atoms with Gasteiger partial charge in [0.1, 0.15) is 0 Å². The number of nitrogens with zero attached hydrogens (tertiary/aromatic N) is 1. The quantitative estimate of drug-likeness (QED) is 0.838. The Kier molecular flexibility index (Phi) is 5.12. The van der Waals surface area contributed by atoms with Crippen LogP contribution in [0.4, 0.5) is 4.79 Å². The van der Waals surface area contributed by atoms with Crippen molar-refractivity contribution in [1.29, 1.82) is 0 Å². The summed E-state index contributed by atoms with van der Waals surface area (Å²) >= 11 is 0. The zero-order valence-corrected chi connectivity index (χ0v) is 13.2. The van der Waals surface area contributed by atoms with Crippen LogP contribution in [0.3, 0.4) is 0 Å². The summed E-state index contributed by atoms with van der Waals surface area (Å²) in [5.74, 6) is -0.0720. The first-order chi connectivity index (χ1) is 9.92. The number of hydrogen-bond acceptors (Lipinski definition) is 2. The highest BCUT2D eigenvalue weighted by Gasteiger charge is 2.39. The summed E-state index contributed by atoms with van der Waals surface area (Å²) in [6.07, 6.45) is 8.03. The number of rotatable bonds is 4. The van der Waals surface area contributed by atoms with Crippen LogP contribution in [-0.4, -0.2) is 40.6 Å². The standard InChI is InChI=1S/C16H28N2O3/c1-12-5-7-13(8-6-12)18(2)15(21)17-16(11-14(19)20)9-3-4-10-16/h12-13H,3-11H2,1-2H3,(H,17,21)(H,19,20). The van der Waals surface area contributed by atoms with E-state index in [1.807, 2.05) is 7.05 Å². The Bertz CT molecular complexity index is 383.